The van der Waals surface area contributed by atoms with E-state index in [9.17, 15) is 0 Å². The van der Waals surface area contributed by atoms with Crippen LogP contribution in [0.25, 0.3) is 0 Å². The zero-order valence-electron chi connectivity index (χ0n) is 10.6. The van der Waals surface area contributed by atoms with E-state index < -0.39 is 0 Å². The molecule has 16 heavy (non-hydrogen) atoms. The average Bonchev–Trinajstić information content (AvgIpc) is 2.40. The summed E-state index contributed by atoms with van der Waals surface area (Å²) in [4.78, 5) is 0. The minimum atomic E-state index is 0.382. The van der Waals surface area contributed by atoms with Gasteiger partial charge < -0.3 is 0 Å². The van der Waals surface area contributed by atoms with Crippen molar-refractivity contribution in [2.24, 2.45) is 10.8 Å². The van der Waals surface area contributed by atoms with E-state index in [0.29, 0.717) is 10.8 Å². The van der Waals surface area contributed by atoms with Crippen molar-refractivity contribution in [3.8, 4) is 0 Å². The summed E-state index contributed by atoms with van der Waals surface area (Å²) >= 11 is 0. The Labute approximate surface area is 101 Å². The number of hydrogen-bond donors (Lipinski definition) is 0. The van der Waals surface area contributed by atoms with Crippen molar-refractivity contribution in [2.75, 3.05) is 0 Å². The molecule has 2 aliphatic carbocycles. The van der Waals surface area contributed by atoms with Crippen molar-refractivity contribution >= 4 is 0 Å². The molecule has 0 aromatic carbocycles. The maximum Gasteiger partial charge on any atom is -0.00301 e. The Morgan fingerprint density at radius 2 is 0.875 bits per heavy atom. The Morgan fingerprint density at radius 1 is 0.562 bits per heavy atom. The van der Waals surface area contributed by atoms with Crippen LogP contribution in [0.5, 0.6) is 0 Å². The molecular formula is C16H26. The molecule has 90 valence electrons. The van der Waals surface area contributed by atoms with Crippen LogP contribution < -0.4 is 0 Å². The molecule has 2 fully saturated rings. The normalized spacial score (nSPS) is 28.2. The van der Waals surface area contributed by atoms with Crippen LogP contribution in [0.2, 0.25) is 0 Å². The second-order valence-electron chi connectivity index (χ2n) is 5.84. The van der Waals surface area contributed by atoms with E-state index >= 15 is 0 Å². The van der Waals surface area contributed by atoms with Crippen molar-refractivity contribution in [1.29, 1.82) is 0 Å². The summed E-state index contributed by atoms with van der Waals surface area (Å²) in [5, 5.41) is 0. The van der Waals surface area contributed by atoms with Crippen LogP contribution in [0.3, 0.4) is 0 Å². The molecule has 0 spiro atoms. The Bertz CT molecular complexity index is 221. The second-order valence-corrected chi connectivity index (χ2v) is 5.84. The molecule has 0 unspecified atom stereocenters. The van der Waals surface area contributed by atoms with Crippen molar-refractivity contribution < 1.29 is 0 Å². The van der Waals surface area contributed by atoms with Gasteiger partial charge in [0, 0.05) is 0 Å². The molecule has 0 radical (unpaired) electrons. The molecule has 0 bridgehead atoms. The third-order valence-corrected chi connectivity index (χ3v) is 5.26. The minimum Gasteiger partial charge on any atom is -0.102 e. The van der Waals surface area contributed by atoms with E-state index in [4.69, 9.17) is 0 Å². The summed E-state index contributed by atoms with van der Waals surface area (Å²) in [6.07, 6.45) is 18.4. The van der Waals surface area contributed by atoms with Crippen LogP contribution in [0.1, 0.15) is 64.2 Å². The maximum atomic E-state index is 4.18. The lowest BCUT2D eigenvalue weighted by atomic mass is 9.52. The maximum absolute atomic E-state index is 4.18. The molecule has 2 aliphatic rings. The van der Waals surface area contributed by atoms with E-state index in [1.54, 1.807) is 0 Å². The Morgan fingerprint density at radius 3 is 1.12 bits per heavy atom. The minimum absolute atomic E-state index is 0.382. The van der Waals surface area contributed by atoms with Gasteiger partial charge in [0.05, 0.1) is 0 Å². The Hall–Kier alpha value is -0.520. The van der Waals surface area contributed by atoms with E-state index in [1.807, 2.05) is 0 Å². The van der Waals surface area contributed by atoms with Crippen LogP contribution >= 0.6 is 0 Å². The van der Waals surface area contributed by atoms with Crippen molar-refractivity contribution in [2.45, 2.75) is 64.2 Å². The number of hydrogen-bond acceptors (Lipinski definition) is 0. The third-order valence-electron chi connectivity index (χ3n) is 5.26. The number of rotatable bonds is 3. The predicted octanol–water partition coefficient (Wildman–Crippen LogP) is 5.26. The quantitative estimate of drug-likeness (QED) is 0.567. The van der Waals surface area contributed by atoms with Crippen LogP contribution in [0, 0.1) is 10.8 Å². The highest BCUT2D eigenvalue weighted by Gasteiger charge is 2.47. The first-order chi connectivity index (χ1) is 7.79. The molecule has 0 amide bonds. The summed E-state index contributed by atoms with van der Waals surface area (Å²) in [7, 11) is 0. The van der Waals surface area contributed by atoms with Crippen LogP contribution in [-0.4, -0.2) is 0 Å². The van der Waals surface area contributed by atoms with Gasteiger partial charge in [-0.3, -0.25) is 0 Å². The molecule has 0 aromatic rings. The summed E-state index contributed by atoms with van der Waals surface area (Å²) < 4.78 is 0. The molecule has 0 nitrogen and oxygen atoms in total. The fraction of sp³-hybridized carbons (Fsp3) is 0.750. The third kappa shape index (κ3) is 1.77. The van der Waals surface area contributed by atoms with Crippen LogP contribution in [-0.2, 0) is 0 Å². The molecule has 0 N–H and O–H groups in total. The van der Waals surface area contributed by atoms with Crippen LogP contribution in [0.15, 0.2) is 25.3 Å². The molecule has 0 aromatic heterocycles. The summed E-state index contributed by atoms with van der Waals surface area (Å²) in [6.45, 7) is 8.35. The van der Waals surface area contributed by atoms with Gasteiger partial charge in [-0.05, 0) is 36.5 Å². The van der Waals surface area contributed by atoms with Crippen LogP contribution in [0.4, 0.5) is 0 Å². The molecular weight excluding hydrogens is 192 g/mol. The lowest BCUT2D eigenvalue weighted by molar-refractivity contribution is 0.0495. The highest BCUT2D eigenvalue weighted by Crippen LogP contribution is 2.58. The lowest BCUT2D eigenvalue weighted by Crippen LogP contribution is -2.42. The lowest BCUT2D eigenvalue weighted by Gasteiger charge is -2.52. The molecule has 0 atom stereocenters. The topological polar surface area (TPSA) is 0 Å². The van der Waals surface area contributed by atoms with Gasteiger partial charge in [-0.1, -0.05) is 50.7 Å². The average molecular weight is 218 g/mol. The molecule has 0 heterocycles. The van der Waals surface area contributed by atoms with Crippen molar-refractivity contribution in [3.05, 3.63) is 25.3 Å². The van der Waals surface area contributed by atoms with Crippen molar-refractivity contribution in [1.82, 2.24) is 0 Å². The highest BCUT2D eigenvalue weighted by molar-refractivity contribution is 5.15. The molecule has 0 saturated heterocycles. The monoisotopic (exact) mass is 218 g/mol. The van der Waals surface area contributed by atoms with E-state index in [1.165, 1.54) is 64.2 Å². The van der Waals surface area contributed by atoms with Gasteiger partial charge in [-0.2, -0.15) is 0 Å². The van der Waals surface area contributed by atoms with Gasteiger partial charge in [0.15, 0.2) is 0 Å². The van der Waals surface area contributed by atoms with E-state index in [0.717, 1.165) is 0 Å². The fourth-order valence-corrected chi connectivity index (χ4v) is 4.18. The van der Waals surface area contributed by atoms with Gasteiger partial charge in [-0.25, -0.2) is 0 Å². The second kappa shape index (κ2) is 4.77. The Balaban J connectivity index is 2.28. The van der Waals surface area contributed by atoms with Gasteiger partial charge in [0.25, 0.3) is 0 Å². The molecule has 2 saturated carbocycles. The smallest absolute Gasteiger partial charge is 0.00301 e. The number of allylic oxidation sites excluding steroid dienone is 2. The van der Waals surface area contributed by atoms with Gasteiger partial charge in [0.2, 0.25) is 0 Å². The van der Waals surface area contributed by atoms with Gasteiger partial charge in [0.1, 0.15) is 0 Å². The SMILES string of the molecule is C=CC1(C2(C=C)CCCCC2)CCCCC1. The zero-order chi connectivity index (χ0) is 11.5. The van der Waals surface area contributed by atoms with E-state index in [2.05, 4.69) is 25.3 Å². The Kier molecular flexibility index (Phi) is 3.56. The summed E-state index contributed by atoms with van der Waals surface area (Å²) in [6, 6.07) is 0. The van der Waals surface area contributed by atoms with Crippen molar-refractivity contribution in [3.63, 3.8) is 0 Å². The standard InChI is InChI=1S/C16H26/c1-3-15(11-7-5-8-12-15)16(4-2)13-9-6-10-14-16/h3-4H,1-2,5-14H2. The van der Waals surface area contributed by atoms with E-state index in [-0.39, 0.29) is 0 Å². The molecule has 0 heteroatoms. The summed E-state index contributed by atoms with van der Waals surface area (Å²) in [5.74, 6) is 0. The summed E-state index contributed by atoms with van der Waals surface area (Å²) in [5.41, 5.74) is 0.765. The van der Waals surface area contributed by atoms with Gasteiger partial charge in [-0.15, -0.1) is 13.2 Å². The molecule has 0 aliphatic heterocycles. The predicted molar refractivity (Wildman–Crippen MR) is 71.4 cm³/mol. The fourth-order valence-electron chi connectivity index (χ4n) is 4.18. The first kappa shape index (κ1) is 12.0. The highest BCUT2D eigenvalue weighted by atomic mass is 14.5. The first-order valence-electron chi connectivity index (χ1n) is 7.06. The molecule has 2 rings (SSSR count). The first-order valence-corrected chi connectivity index (χ1v) is 7.06. The zero-order valence-corrected chi connectivity index (χ0v) is 10.6. The van der Waals surface area contributed by atoms with Gasteiger partial charge >= 0.3 is 0 Å². The largest absolute Gasteiger partial charge is 0.102 e.